The Bertz CT molecular complexity index is 1240. The third kappa shape index (κ3) is 6.32. The molecule has 32 heavy (non-hydrogen) atoms. The van der Waals surface area contributed by atoms with Crippen molar-refractivity contribution in [2.45, 2.75) is 13.2 Å². The molecule has 0 aliphatic rings. The van der Waals surface area contributed by atoms with Gasteiger partial charge in [-0.2, -0.15) is 0 Å². The Hall–Kier alpha value is -3.85. The molecule has 0 saturated heterocycles. The summed E-state index contributed by atoms with van der Waals surface area (Å²) in [6, 6.07) is 20.4. The van der Waals surface area contributed by atoms with Crippen molar-refractivity contribution in [1.82, 2.24) is 5.32 Å². The maximum absolute atomic E-state index is 12.6. The van der Waals surface area contributed by atoms with E-state index in [1.807, 2.05) is 0 Å². The van der Waals surface area contributed by atoms with E-state index in [1.165, 1.54) is 0 Å². The van der Waals surface area contributed by atoms with Gasteiger partial charge in [-0.1, -0.05) is 42.5 Å². The molecule has 0 heterocycles. The lowest BCUT2D eigenvalue weighted by atomic mass is 10.1. The summed E-state index contributed by atoms with van der Waals surface area (Å²) in [5, 5.41) is 2.79. The number of benzene rings is 3. The largest absolute Gasteiger partial charge is 0.488 e. The molecular weight excluding hydrogens is 430 g/mol. The number of primary amides is 1. The Morgan fingerprint density at radius 1 is 0.969 bits per heavy atom. The zero-order valence-corrected chi connectivity index (χ0v) is 18.2. The average molecular weight is 454 g/mol. The first-order valence-electron chi connectivity index (χ1n) is 9.67. The van der Waals surface area contributed by atoms with Crippen LogP contribution < -0.4 is 20.5 Å². The van der Waals surface area contributed by atoms with Gasteiger partial charge >= 0.3 is 0 Å². The number of carbonyl (C=O) groups excluding carboxylic acids is 2. The van der Waals surface area contributed by atoms with Gasteiger partial charge in [0.2, 0.25) is 10.0 Å². The number of hydrogen-bond acceptors (Lipinski definition) is 5. The van der Waals surface area contributed by atoms with Gasteiger partial charge in [0.1, 0.15) is 12.4 Å². The molecule has 0 radical (unpaired) electrons. The van der Waals surface area contributed by atoms with Crippen LogP contribution >= 0.6 is 0 Å². The van der Waals surface area contributed by atoms with Gasteiger partial charge < -0.3 is 15.8 Å². The molecule has 8 nitrogen and oxygen atoms in total. The van der Waals surface area contributed by atoms with Gasteiger partial charge in [0.25, 0.3) is 11.8 Å². The van der Waals surface area contributed by atoms with Crippen LogP contribution in [0.5, 0.6) is 5.75 Å². The fourth-order valence-electron chi connectivity index (χ4n) is 3.01. The first-order chi connectivity index (χ1) is 15.2. The van der Waals surface area contributed by atoms with Crippen LogP contribution in [0.3, 0.4) is 0 Å². The molecule has 2 amide bonds. The molecule has 4 N–H and O–H groups in total. The minimum absolute atomic E-state index is 0.143. The summed E-state index contributed by atoms with van der Waals surface area (Å²) in [6.07, 6.45) is 1.07. The maximum atomic E-state index is 12.6. The number of nitrogens with one attached hydrogen (secondary N) is 2. The molecular formula is C23H23N3O5S. The van der Waals surface area contributed by atoms with Crippen LogP contribution in [0.2, 0.25) is 0 Å². The summed E-state index contributed by atoms with van der Waals surface area (Å²) in [5.74, 6) is -0.539. The van der Waals surface area contributed by atoms with Gasteiger partial charge in [-0.3, -0.25) is 14.3 Å². The van der Waals surface area contributed by atoms with Crippen LogP contribution in [-0.4, -0.2) is 26.5 Å². The fourth-order valence-corrected chi connectivity index (χ4v) is 3.61. The molecule has 0 aliphatic heterocycles. The van der Waals surface area contributed by atoms with Crippen LogP contribution in [-0.2, 0) is 23.2 Å². The maximum Gasteiger partial charge on any atom is 0.252 e. The number of rotatable bonds is 9. The van der Waals surface area contributed by atoms with Crippen LogP contribution in [0.15, 0.2) is 72.8 Å². The highest BCUT2D eigenvalue weighted by Crippen LogP contribution is 2.19. The number of anilines is 1. The van der Waals surface area contributed by atoms with Crippen molar-refractivity contribution in [3.8, 4) is 5.75 Å². The van der Waals surface area contributed by atoms with E-state index in [4.69, 9.17) is 10.5 Å². The topological polar surface area (TPSA) is 128 Å². The van der Waals surface area contributed by atoms with Crippen molar-refractivity contribution in [2.24, 2.45) is 5.73 Å². The second-order valence-electron chi connectivity index (χ2n) is 7.06. The summed E-state index contributed by atoms with van der Waals surface area (Å²) >= 11 is 0. The SMILES string of the molecule is CS(=O)(=O)Nc1ccccc1CNC(=O)c1cccc(COc2ccccc2C(N)=O)c1. The van der Waals surface area contributed by atoms with E-state index >= 15 is 0 Å². The van der Waals surface area contributed by atoms with Crippen molar-refractivity contribution >= 4 is 27.5 Å². The predicted molar refractivity (Wildman–Crippen MR) is 122 cm³/mol. The molecule has 3 aromatic carbocycles. The lowest BCUT2D eigenvalue weighted by Crippen LogP contribution is -2.24. The number of para-hydroxylation sites is 2. The van der Waals surface area contributed by atoms with Gasteiger partial charge in [-0.05, 0) is 41.5 Å². The van der Waals surface area contributed by atoms with Crippen molar-refractivity contribution in [3.63, 3.8) is 0 Å². The molecule has 0 saturated carbocycles. The molecule has 0 bridgehead atoms. The number of amides is 2. The van der Waals surface area contributed by atoms with E-state index in [0.717, 1.165) is 11.8 Å². The summed E-state index contributed by atoms with van der Waals surface area (Å²) in [7, 11) is -3.44. The van der Waals surface area contributed by atoms with E-state index in [1.54, 1.807) is 72.8 Å². The molecule has 0 fully saturated rings. The first-order valence-corrected chi connectivity index (χ1v) is 11.6. The molecule has 0 aliphatic carbocycles. The molecule has 0 spiro atoms. The van der Waals surface area contributed by atoms with E-state index in [9.17, 15) is 18.0 Å². The summed E-state index contributed by atoms with van der Waals surface area (Å²) in [5.41, 5.74) is 7.84. The Balaban J connectivity index is 1.66. The monoisotopic (exact) mass is 453 g/mol. The number of ether oxygens (including phenoxy) is 1. The van der Waals surface area contributed by atoms with Gasteiger partial charge in [0.05, 0.1) is 17.5 Å². The second kappa shape index (κ2) is 9.97. The first kappa shape index (κ1) is 22.8. The van der Waals surface area contributed by atoms with Crippen LogP contribution in [0.4, 0.5) is 5.69 Å². The highest BCUT2D eigenvalue weighted by Gasteiger charge is 2.12. The van der Waals surface area contributed by atoms with Crippen LogP contribution in [0, 0.1) is 0 Å². The molecule has 9 heteroatoms. The number of hydrogen-bond donors (Lipinski definition) is 3. The zero-order valence-electron chi connectivity index (χ0n) is 17.4. The number of nitrogens with two attached hydrogens (primary N) is 1. The zero-order chi connectivity index (χ0) is 23.1. The predicted octanol–water partition coefficient (Wildman–Crippen LogP) is 2.67. The van der Waals surface area contributed by atoms with Crippen molar-refractivity contribution in [1.29, 1.82) is 0 Å². The number of carbonyl (C=O) groups is 2. The van der Waals surface area contributed by atoms with E-state index in [2.05, 4.69) is 10.0 Å². The molecule has 3 aromatic rings. The van der Waals surface area contributed by atoms with Gasteiger partial charge in [0, 0.05) is 12.1 Å². The van der Waals surface area contributed by atoms with Gasteiger partial charge in [-0.15, -0.1) is 0 Å². The molecule has 0 aromatic heterocycles. The highest BCUT2D eigenvalue weighted by molar-refractivity contribution is 7.92. The van der Waals surface area contributed by atoms with E-state index < -0.39 is 15.9 Å². The molecule has 166 valence electrons. The lowest BCUT2D eigenvalue weighted by Gasteiger charge is -2.12. The third-order valence-electron chi connectivity index (χ3n) is 4.49. The third-order valence-corrected chi connectivity index (χ3v) is 5.08. The fraction of sp³-hybridized carbons (Fsp3) is 0.130. The molecule has 3 rings (SSSR count). The van der Waals surface area contributed by atoms with Crippen molar-refractivity contribution in [2.75, 3.05) is 11.0 Å². The van der Waals surface area contributed by atoms with Gasteiger partial charge in [-0.25, -0.2) is 8.42 Å². The highest BCUT2D eigenvalue weighted by atomic mass is 32.2. The summed E-state index contributed by atoms with van der Waals surface area (Å²) < 4.78 is 31.2. The van der Waals surface area contributed by atoms with Crippen LogP contribution in [0.1, 0.15) is 31.8 Å². The summed E-state index contributed by atoms with van der Waals surface area (Å²) in [6.45, 7) is 0.288. The quantitative estimate of drug-likeness (QED) is 0.459. The smallest absolute Gasteiger partial charge is 0.252 e. The Labute approximate surface area is 186 Å². The molecule has 0 unspecified atom stereocenters. The minimum atomic E-state index is -3.44. The van der Waals surface area contributed by atoms with Crippen molar-refractivity contribution in [3.05, 3.63) is 95.1 Å². The summed E-state index contributed by atoms with van der Waals surface area (Å²) in [4.78, 5) is 24.2. The standard InChI is InChI=1S/C23H23N3O5S/c1-32(29,30)26-20-11-4-2-8-18(20)14-25-23(28)17-9-6-7-16(13-17)15-31-21-12-5-3-10-19(21)22(24)27/h2-13,26H,14-15H2,1H3,(H2,24,27)(H,25,28). The van der Waals surface area contributed by atoms with Crippen LogP contribution in [0.25, 0.3) is 0 Å². The Morgan fingerprint density at radius 2 is 1.69 bits per heavy atom. The van der Waals surface area contributed by atoms with Crippen molar-refractivity contribution < 1.29 is 22.7 Å². The number of sulfonamides is 1. The normalized spacial score (nSPS) is 10.9. The van der Waals surface area contributed by atoms with E-state index in [0.29, 0.717) is 22.6 Å². The second-order valence-corrected chi connectivity index (χ2v) is 8.81. The van der Waals surface area contributed by atoms with Gasteiger partial charge in [0.15, 0.2) is 0 Å². The molecule has 0 atom stereocenters. The lowest BCUT2D eigenvalue weighted by molar-refractivity contribution is 0.0949. The minimum Gasteiger partial charge on any atom is -0.488 e. The Kier molecular flexibility index (Phi) is 7.11. The Morgan fingerprint density at radius 3 is 2.44 bits per heavy atom. The average Bonchev–Trinajstić information content (AvgIpc) is 2.76. The van der Waals surface area contributed by atoms with E-state index in [-0.39, 0.29) is 24.6 Å².